The Hall–Kier alpha value is -2.50. The van der Waals surface area contributed by atoms with Gasteiger partial charge in [-0.25, -0.2) is 4.79 Å². The molecule has 0 saturated heterocycles. The molecule has 1 heterocycles. The zero-order chi connectivity index (χ0) is 18.8. The lowest BCUT2D eigenvalue weighted by molar-refractivity contribution is -0.123. The Morgan fingerprint density at radius 1 is 1.15 bits per heavy atom. The second-order valence-corrected chi connectivity index (χ2v) is 6.56. The number of carbonyl (C=O) groups excluding carboxylic acids is 2. The molecule has 0 radical (unpaired) electrons. The molecule has 0 fully saturated rings. The maximum atomic E-state index is 12.4. The highest BCUT2D eigenvalue weighted by Gasteiger charge is 2.24. The number of halogens is 2. The first-order chi connectivity index (χ1) is 12.4. The van der Waals surface area contributed by atoms with E-state index in [1.807, 2.05) is 18.2 Å². The van der Waals surface area contributed by atoms with Crippen LogP contribution in [0.4, 0.5) is 5.69 Å². The normalized spacial score (nSPS) is 12.0. The van der Waals surface area contributed by atoms with E-state index in [0.717, 1.165) is 5.39 Å². The molecule has 1 aromatic heterocycles. The summed E-state index contributed by atoms with van der Waals surface area (Å²) in [6, 6.07) is 11.9. The van der Waals surface area contributed by atoms with Crippen LogP contribution in [0.3, 0.4) is 0 Å². The first-order valence-corrected chi connectivity index (χ1v) is 8.57. The number of aryl methyl sites for hydroxylation is 1. The van der Waals surface area contributed by atoms with Gasteiger partial charge in [0, 0.05) is 16.0 Å². The van der Waals surface area contributed by atoms with Gasteiger partial charge in [-0.05, 0) is 38.1 Å². The first-order valence-electron chi connectivity index (χ1n) is 7.82. The van der Waals surface area contributed by atoms with E-state index in [2.05, 4.69) is 5.32 Å². The zero-order valence-electron chi connectivity index (χ0n) is 14.0. The van der Waals surface area contributed by atoms with Crippen molar-refractivity contribution in [1.29, 1.82) is 0 Å². The molecule has 2 aromatic carbocycles. The quantitative estimate of drug-likeness (QED) is 0.618. The molecule has 5 nitrogen and oxygen atoms in total. The largest absolute Gasteiger partial charge is 0.449 e. The van der Waals surface area contributed by atoms with Gasteiger partial charge in [-0.15, -0.1) is 0 Å². The number of esters is 1. The van der Waals surface area contributed by atoms with Gasteiger partial charge >= 0.3 is 5.97 Å². The van der Waals surface area contributed by atoms with Gasteiger partial charge in [0.05, 0.1) is 10.7 Å². The molecule has 7 heteroatoms. The van der Waals surface area contributed by atoms with E-state index < -0.39 is 18.0 Å². The number of fused-ring (bicyclic) bond motifs is 1. The highest BCUT2D eigenvalue weighted by atomic mass is 35.5. The minimum Gasteiger partial charge on any atom is -0.449 e. The Bertz CT molecular complexity index is 996. The Balaban J connectivity index is 1.71. The third kappa shape index (κ3) is 3.69. The lowest BCUT2D eigenvalue weighted by atomic mass is 10.1. The molecule has 0 aliphatic heterocycles. The van der Waals surface area contributed by atoms with E-state index in [-0.39, 0.29) is 10.8 Å². The van der Waals surface area contributed by atoms with Gasteiger partial charge in [-0.3, -0.25) is 4.79 Å². The number of anilines is 1. The number of ether oxygens (including phenoxy) is 1. The third-order valence-corrected chi connectivity index (χ3v) is 4.42. The maximum absolute atomic E-state index is 12.4. The molecule has 3 rings (SSSR count). The van der Waals surface area contributed by atoms with Crippen LogP contribution in [-0.4, -0.2) is 18.0 Å². The number of para-hydroxylation sites is 1. The topological polar surface area (TPSA) is 68.5 Å². The van der Waals surface area contributed by atoms with E-state index >= 15 is 0 Å². The molecule has 26 heavy (non-hydrogen) atoms. The lowest BCUT2D eigenvalue weighted by Crippen LogP contribution is -2.30. The van der Waals surface area contributed by atoms with Crippen LogP contribution >= 0.6 is 23.2 Å². The zero-order valence-corrected chi connectivity index (χ0v) is 15.5. The summed E-state index contributed by atoms with van der Waals surface area (Å²) in [5.41, 5.74) is 1.63. The molecule has 0 saturated carbocycles. The average molecular weight is 392 g/mol. The number of amides is 1. The van der Waals surface area contributed by atoms with Crippen LogP contribution in [0.1, 0.15) is 23.0 Å². The molecule has 0 bridgehead atoms. The van der Waals surface area contributed by atoms with Gasteiger partial charge in [0.15, 0.2) is 6.10 Å². The molecule has 0 spiro atoms. The molecular formula is C19H15Cl2NO4. The molecule has 1 unspecified atom stereocenters. The Morgan fingerprint density at radius 2 is 1.88 bits per heavy atom. The minimum absolute atomic E-state index is 0.0791. The summed E-state index contributed by atoms with van der Waals surface area (Å²) in [4.78, 5) is 24.6. The molecule has 1 amide bonds. The van der Waals surface area contributed by atoms with Crippen molar-refractivity contribution >= 4 is 51.7 Å². The maximum Gasteiger partial charge on any atom is 0.375 e. The number of furan rings is 1. The molecular weight excluding hydrogens is 377 g/mol. The molecule has 0 aliphatic carbocycles. The van der Waals surface area contributed by atoms with Crippen molar-refractivity contribution in [2.75, 3.05) is 5.32 Å². The van der Waals surface area contributed by atoms with Gasteiger partial charge in [0.25, 0.3) is 5.91 Å². The van der Waals surface area contributed by atoms with Crippen molar-refractivity contribution in [3.05, 3.63) is 63.8 Å². The molecule has 3 aromatic rings. The summed E-state index contributed by atoms with van der Waals surface area (Å²) in [6.45, 7) is 3.23. The number of nitrogens with one attached hydrogen (secondary N) is 1. The van der Waals surface area contributed by atoms with Crippen molar-refractivity contribution < 1.29 is 18.7 Å². The molecule has 1 atom stereocenters. The Labute approximate surface area is 159 Å². The smallest absolute Gasteiger partial charge is 0.375 e. The van der Waals surface area contributed by atoms with E-state index in [1.54, 1.807) is 25.1 Å². The van der Waals surface area contributed by atoms with Gasteiger partial charge in [0.1, 0.15) is 5.58 Å². The summed E-state index contributed by atoms with van der Waals surface area (Å²) < 4.78 is 10.8. The lowest BCUT2D eigenvalue weighted by Gasteiger charge is -2.14. The summed E-state index contributed by atoms with van der Waals surface area (Å²) >= 11 is 11.8. The summed E-state index contributed by atoms with van der Waals surface area (Å²) in [5, 5.41) is 4.16. The SMILES string of the molecule is Cc1c(C(=O)OC(C)C(=O)Nc2ccc(Cl)cc2Cl)oc2ccccc12. The molecule has 1 N–H and O–H groups in total. The fourth-order valence-corrected chi connectivity index (χ4v) is 2.92. The monoisotopic (exact) mass is 391 g/mol. The van der Waals surface area contributed by atoms with Gasteiger partial charge < -0.3 is 14.5 Å². The average Bonchev–Trinajstić information content (AvgIpc) is 2.94. The Kier molecular flexibility index (Phi) is 5.20. The van der Waals surface area contributed by atoms with Crippen LogP contribution in [0.25, 0.3) is 11.0 Å². The number of benzene rings is 2. The fraction of sp³-hybridized carbons (Fsp3) is 0.158. The van der Waals surface area contributed by atoms with E-state index in [0.29, 0.717) is 21.9 Å². The predicted molar refractivity (Wildman–Crippen MR) is 101 cm³/mol. The second kappa shape index (κ2) is 7.40. The van der Waals surface area contributed by atoms with Crippen LogP contribution < -0.4 is 5.32 Å². The van der Waals surface area contributed by atoms with Crippen LogP contribution in [0.2, 0.25) is 10.0 Å². The van der Waals surface area contributed by atoms with E-state index in [4.69, 9.17) is 32.4 Å². The minimum atomic E-state index is -1.04. The summed E-state index contributed by atoms with van der Waals surface area (Å²) in [5.74, 6) is -1.14. The highest BCUT2D eigenvalue weighted by Crippen LogP contribution is 2.27. The highest BCUT2D eigenvalue weighted by molar-refractivity contribution is 6.36. The third-order valence-electron chi connectivity index (χ3n) is 3.87. The standard InChI is InChI=1S/C19H15Cl2NO4/c1-10-13-5-3-4-6-16(13)26-17(10)19(24)25-11(2)18(23)22-15-8-7-12(20)9-14(15)21/h3-9,11H,1-2H3,(H,22,23). The fourth-order valence-electron chi connectivity index (χ4n) is 2.46. The van der Waals surface area contributed by atoms with Gasteiger partial charge in [-0.1, -0.05) is 41.4 Å². The van der Waals surface area contributed by atoms with E-state index in [1.165, 1.54) is 13.0 Å². The second-order valence-electron chi connectivity index (χ2n) is 5.71. The number of carbonyl (C=O) groups is 2. The van der Waals surface area contributed by atoms with Crippen LogP contribution in [-0.2, 0) is 9.53 Å². The van der Waals surface area contributed by atoms with Crippen molar-refractivity contribution in [1.82, 2.24) is 0 Å². The van der Waals surface area contributed by atoms with Crippen molar-refractivity contribution in [2.24, 2.45) is 0 Å². The van der Waals surface area contributed by atoms with E-state index in [9.17, 15) is 9.59 Å². The van der Waals surface area contributed by atoms with Gasteiger partial charge in [-0.2, -0.15) is 0 Å². The van der Waals surface area contributed by atoms with Crippen molar-refractivity contribution in [3.8, 4) is 0 Å². The van der Waals surface area contributed by atoms with Crippen LogP contribution in [0.5, 0.6) is 0 Å². The first kappa shape index (κ1) is 18.3. The molecule has 134 valence electrons. The Morgan fingerprint density at radius 3 is 2.58 bits per heavy atom. The number of hydrogen-bond acceptors (Lipinski definition) is 4. The number of hydrogen-bond donors (Lipinski definition) is 1. The predicted octanol–water partition coefficient (Wildman–Crippen LogP) is 5.23. The van der Waals surface area contributed by atoms with Crippen LogP contribution in [0, 0.1) is 6.92 Å². The summed E-state index contributed by atoms with van der Waals surface area (Å²) in [7, 11) is 0. The van der Waals surface area contributed by atoms with Crippen molar-refractivity contribution in [3.63, 3.8) is 0 Å². The number of rotatable bonds is 4. The van der Waals surface area contributed by atoms with Crippen molar-refractivity contribution in [2.45, 2.75) is 20.0 Å². The summed E-state index contributed by atoms with van der Waals surface area (Å²) in [6.07, 6.45) is -1.04. The van der Waals surface area contributed by atoms with Crippen LogP contribution in [0.15, 0.2) is 46.9 Å². The van der Waals surface area contributed by atoms with Gasteiger partial charge in [0.2, 0.25) is 5.76 Å². The molecule has 0 aliphatic rings.